The molecule has 3 aliphatic heterocycles. The molecule has 10 aromatic rings. The van der Waals surface area contributed by atoms with Crippen LogP contribution in [0.15, 0.2) is 219 Å². The van der Waals surface area contributed by atoms with E-state index in [2.05, 4.69) is 100 Å². The zero-order chi connectivity index (χ0) is 55.5. The van der Waals surface area contributed by atoms with Gasteiger partial charge in [0.2, 0.25) is 0 Å². The molecule has 0 amide bonds. The molecule has 0 N–H and O–H groups in total. The van der Waals surface area contributed by atoms with Crippen LogP contribution in [0.1, 0.15) is 27.8 Å². The fourth-order valence-corrected chi connectivity index (χ4v) is 9.94. The van der Waals surface area contributed by atoms with Crippen LogP contribution < -0.4 is 29.4 Å². The van der Waals surface area contributed by atoms with Crippen molar-refractivity contribution in [3.63, 3.8) is 0 Å². The van der Waals surface area contributed by atoms with Gasteiger partial charge in [-0.25, -0.2) is 9.97 Å². The molecule has 0 saturated heterocycles. The molecule has 2 aromatic heterocycles. The summed E-state index contributed by atoms with van der Waals surface area (Å²) in [5.74, 6) is 1.14. The second kappa shape index (κ2) is 26.3. The van der Waals surface area contributed by atoms with Crippen molar-refractivity contribution in [2.75, 3.05) is 29.4 Å². The Labute approximate surface area is 519 Å². The number of aromatic nitrogens is 2. The maximum absolute atomic E-state index is 13.7. The maximum Gasteiger partial charge on any atom is 0.418 e. The van der Waals surface area contributed by atoms with E-state index in [4.69, 9.17) is 0 Å². The second-order valence-electron chi connectivity index (χ2n) is 18.7. The molecule has 0 fully saturated rings. The van der Waals surface area contributed by atoms with E-state index in [1.807, 2.05) is 117 Å². The molecule has 0 bridgehead atoms. The van der Waals surface area contributed by atoms with Gasteiger partial charge < -0.3 is 29.4 Å². The van der Waals surface area contributed by atoms with Crippen molar-refractivity contribution in [3.05, 3.63) is 285 Å². The van der Waals surface area contributed by atoms with Crippen LogP contribution in [-0.4, -0.2) is 9.97 Å². The number of nitrogens with zero attached hydrogens (tertiary/aromatic N) is 8. The van der Waals surface area contributed by atoms with Crippen molar-refractivity contribution in [2.45, 2.75) is 33.1 Å². The van der Waals surface area contributed by atoms with Crippen LogP contribution >= 0.6 is 0 Å². The molecule has 0 spiro atoms. The van der Waals surface area contributed by atoms with E-state index in [9.17, 15) is 26.3 Å². The van der Waals surface area contributed by atoms with Crippen LogP contribution in [0.4, 0.5) is 94.9 Å². The van der Waals surface area contributed by atoms with E-state index in [0.29, 0.717) is 28.4 Å². The number of alkyl halides is 6. The van der Waals surface area contributed by atoms with Gasteiger partial charge in [-0.15, -0.1) is 37.1 Å². The average Bonchev–Trinajstić information content (AvgIpc) is 4.42. The van der Waals surface area contributed by atoms with Gasteiger partial charge in [0, 0.05) is 101 Å². The minimum absolute atomic E-state index is 0. The minimum atomic E-state index is -4.49. The predicted molar refractivity (Wildman–Crippen MR) is 305 cm³/mol. The van der Waals surface area contributed by atoms with Crippen molar-refractivity contribution in [2.24, 2.45) is 0 Å². The van der Waals surface area contributed by atoms with E-state index in [-0.39, 0.29) is 77.5 Å². The zero-order valence-corrected chi connectivity index (χ0v) is 51.5. The summed E-state index contributed by atoms with van der Waals surface area (Å²) in [4.78, 5) is 19.7. The summed E-state index contributed by atoms with van der Waals surface area (Å²) in [6.07, 6.45) is -5.92. The number of para-hydroxylation sites is 6. The van der Waals surface area contributed by atoms with Gasteiger partial charge in [0.25, 0.3) is 0 Å². The van der Waals surface area contributed by atoms with Crippen molar-refractivity contribution in [1.29, 1.82) is 0 Å². The summed E-state index contributed by atoms with van der Waals surface area (Å²) in [5, 5.41) is 0. The van der Waals surface area contributed by atoms with Crippen molar-refractivity contribution >= 4 is 68.5 Å². The third-order valence-corrected chi connectivity index (χ3v) is 13.7. The molecule has 17 heteroatoms. The molecule has 13 rings (SSSR count). The van der Waals surface area contributed by atoms with Crippen LogP contribution in [-0.2, 0) is 72.7 Å². The molecule has 3 radical (unpaired) electrons. The quantitative estimate of drug-likeness (QED) is 0.116. The molecule has 83 heavy (non-hydrogen) atoms. The number of pyridine rings is 2. The fraction of sp³-hybridized carbons (Fsp3) is 0.0758. The first-order chi connectivity index (χ1) is 38.8. The molecule has 0 aliphatic carbocycles. The summed E-state index contributed by atoms with van der Waals surface area (Å²) in [6, 6.07) is 72.8. The third kappa shape index (κ3) is 12.7. The SMILES string of the molecule is Cc1c(-c2ccccc2)cccc1N1[CH-]N(c2[c-]cccc2)c2ncccc21.Cc1ccccc1N1[CH-]N(c2[c-]cccc2)c2cccc(C(F)(F)F)c21.Cc1ccccc1N1[CH-]N(c2[c-]cccc2)c2nccc(C(F)(F)F)c21.[Ir].[Ir].[Ir]. The monoisotopic (exact) mass is 1650 g/mol. The number of rotatable bonds is 7. The molecule has 427 valence electrons. The number of aryl methyl sites for hydroxylation is 2. The molecule has 8 aromatic carbocycles. The van der Waals surface area contributed by atoms with E-state index < -0.39 is 23.5 Å². The Morgan fingerprint density at radius 3 is 1.37 bits per heavy atom. The minimum Gasteiger partial charge on any atom is -0.493 e. The molecular formula is C66H48F6Ir3N8-6. The summed E-state index contributed by atoms with van der Waals surface area (Å²) < 4.78 is 82.1. The van der Waals surface area contributed by atoms with E-state index in [1.165, 1.54) is 29.0 Å². The summed E-state index contributed by atoms with van der Waals surface area (Å²) >= 11 is 0. The molecular weight excluding hydrogens is 1600 g/mol. The Bertz CT molecular complexity index is 3630. The Balaban J connectivity index is 0.000000160. The van der Waals surface area contributed by atoms with Crippen LogP contribution in [0.2, 0.25) is 0 Å². The third-order valence-electron chi connectivity index (χ3n) is 13.7. The Kier molecular flexibility index (Phi) is 19.5. The molecule has 3 aliphatic rings. The molecule has 5 heterocycles. The number of hydrogen-bond acceptors (Lipinski definition) is 8. The van der Waals surface area contributed by atoms with E-state index in [0.717, 1.165) is 46.1 Å². The van der Waals surface area contributed by atoms with Gasteiger partial charge in [-0.1, -0.05) is 84.9 Å². The normalized spacial score (nSPS) is 13.0. The maximum atomic E-state index is 13.7. The fourth-order valence-electron chi connectivity index (χ4n) is 9.94. The summed E-state index contributed by atoms with van der Waals surface area (Å²) in [6.45, 7) is 11.3. The van der Waals surface area contributed by atoms with Crippen molar-refractivity contribution in [1.82, 2.24) is 9.97 Å². The molecule has 0 saturated carbocycles. The van der Waals surface area contributed by atoms with Gasteiger partial charge in [-0.3, -0.25) is 0 Å². The van der Waals surface area contributed by atoms with Gasteiger partial charge in [0.05, 0.1) is 22.5 Å². The average molecular weight is 1640 g/mol. The van der Waals surface area contributed by atoms with Crippen LogP contribution in [0.3, 0.4) is 0 Å². The number of benzene rings is 8. The van der Waals surface area contributed by atoms with Gasteiger partial charge in [-0.05, 0) is 97.1 Å². The van der Waals surface area contributed by atoms with Crippen molar-refractivity contribution < 1.29 is 86.7 Å². The standard InChI is InChI=1S/C25H19N3.C21H15F3N2.C20H14F3N3.3Ir/c1-19-22(20-10-4-2-5-11-20)14-8-15-23(19)28-18-27(21-12-6-3-7-13-21)25-24(28)16-9-17-26-25;1-15-8-5-6-12-18(15)26-14-25(16-9-3-2-4-10-16)19-13-7-11-17(20(19)26)21(22,23)24;1-14-7-5-6-10-17(14)26-13-25(15-8-3-2-4-9-15)19-18(26)16(11-12-24-19)20(21,22)23;;;/h2-12,14-18H,1H3;2-9,11-14H,1H3;2-8,10-13H,1H3;;;/q3*-2;;;. The Morgan fingerprint density at radius 1 is 0.361 bits per heavy atom. The molecule has 0 unspecified atom stereocenters. The predicted octanol–water partition coefficient (Wildman–Crippen LogP) is 18.1. The summed E-state index contributed by atoms with van der Waals surface area (Å²) in [7, 11) is 0. The first-order valence-electron chi connectivity index (χ1n) is 25.4. The van der Waals surface area contributed by atoms with Gasteiger partial charge in [0.1, 0.15) is 11.6 Å². The first-order valence-corrected chi connectivity index (χ1v) is 25.4. The van der Waals surface area contributed by atoms with Crippen LogP contribution in [0.25, 0.3) is 11.1 Å². The number of fused-ring (bicyclic) bond motifs is 3. The largest absolute Gasteiger partial charge is 0.493 e. The van der Waals surface area contributed by atoms with Crippen LogP contribution in [0.5, 0.6) is 0 Å². The van der Waals surface area contributed by atoms with Crippen molar-refractivity contribution in [3.8, 4) is 11.1 Å². The number of hydrogen-bond donors (Lipinski definition) is 0. The molecule has 0 atom stereocenters. The van der Waals surface area contributed by atoms with Gasteiger partial charge >= 0.3 is 12.4 Å². The second-order valence-corrected chi connectivity index (χ2v) is 18.7. The van der Waals surface area contributed by atoms with E-state index in [1.54, 1.807) is 75.4 Å². The van der Waals surface area contributed by atoms with Gasteiger partial charge in [-0.2, -0.15) is 117 Å². The Morgan fingerprint density at radius 2 is 0.807 bits per heavy atom. The number of halogens is 6. The van der Waals surface area contributed by atoms with Gasteiger partial charge in [0.15, 0.2) is 0 Å². The molecule has 8 nitrogen and oxygen atoms in total. The zero-order valence-electron chi connectivity index (χ0n) is 44.4. The van der Waals surface area contributed by atoms with Crippen LogP contribution in [0, 0.1) is 59.0 Å². The number of anilines is 12. The van der Waals surface area contributed by atoms with E-state index >= 15 is 0 Å². The topological polar surface area (TPSA) is 45.2 Å². The smallest absolute Gasteiger partial charge is 0.418 e. The Hall–Kier alpha value is -7.61. The summed E-state index contributed by atoms with van der Waals surface area (Å²) in [5.41, 5.74) is 10.6. The first kappa shape index (κ1) is 61.5.